The minimum Gasteiger partial charge on any atom is -0.396 e. The molecule has 1 saturated carbocycles. The van der Waals surface area contributed by atoms with Gasteiger partial charge in [0.25, 0.3) is 5.91 Å². The van der Waals surface area contributed by atoms with Gasteiger partial charge in [0.1, 0.15) is 6.20 Å². The molecule has 7 rings (SSSR count). The van der Waals surface area contributed by atoms with Gasteiger partial charge in [0.05, 0.1) is 51.5 Å². The number of benzene rings is 1. The Morgan fingerprint density at radius 2 is 2.05 bits per heavy atom. The first-order valence-electron chi connectivity index (χ1n) is 14.1. The number of ether oxygens (including phenoxy) is 1. The Morgan fingerprint density at radius 3 is 2.70 bits per heavy atom. The van der Waals surface area contributed by atoms with Gasteiger partial charge in [-0.1, -0.05) is 0 Å². The summed E-state index contributed by atoms with van der Waals surface area (Å²) in [5, 5.41) is 21.9. The molecule has 1 aromatic carbocycles. The van der Waals surface area contributed by atoms with Gasteiger partial charge < -0.3 is 25.6 Å². The van der Waals surface area contributed by atoms with Crippen molar-refractivity contribution in [2.24, 2.45) is 11.7 Å². The number of thiazole rings is 1. The zero-order valence-corrected chi connectivity index (χ0v) is 23.6. The van der Waals surface area contributed by atoms with Crippen LogP contribution in [0, 0.1) is 5.92 Å². The van der Waals surface area contributed by atoms with Crippen molar-refractivity contribution < 1.29 is 24.3 Å². The quantitative estimate of drug-likeness (QED) is 0.308. The van der Waals surface area contributed by atoms with Crippen molar-refractivity contribution in [3.05, 3.63) is 46.7 Å². The summed E-state index contributed by atoms with van der Waals surface area (Å²) < 4.78 is 10.4. The molecular weight excluding hydrogens is 528 g/mol. The maximum atomic E-state index is 12.6. The number of fused-ring (bicyclic) bond motifs is 4. The van der Waals surface area contributed by atoms with Crippen molar-refractivity contribution in [1.82, 2.24) is 14.6 Å². The third-order valence-corrected chi connectivity index (χ3v) is 10.1. The fourth-order valence-electron chi connectivity index (χ4n) is 6.63. The predicted molar refractivity (Wildman–Crippen MR) is 151 cm³/mol. The maximum absolute atomic E-state index is 12.6. The molecule has 2 bridgehead atoms. The van der Waals surface area contributed by atoms with E-state index in [-0.39, 0.29) is 12.7 Å². The van der Waals surface area contributed by atoms with Gasteiger partial charge in [0.15, 0.2) is 5.56 Å². The smallest absolute Gasteiger partial charge is 0.363 e. The number of hydrogen-bond acceptors (Lipinski definition) is 8. The van der Waals surface area contributed by atoms with E-state index in [0.29, 0.717) is 41.3 Å². The molecule has 11 heteroatoms. The maximum Gasteiger partial charge on any atom is 0.363 e. The summed E-state index contributed by atoms with van der Waals surface area (Å²) in [6.07, 6.45) is 8.91. The molecule has 40 heavy (non-hydrogen) atoms. The lowest BCUT2D eigenvalue weighted by Gasteiger charge is -2.25. The molecule has 2 saturated heterocycles. The number of anilines is 1. The molecule has 2 atom stereocenters. The Bertz CT molecular complexity index is 1620. The van der Waals surface area contributed by atoms with E-state index in [0.717, 1.165) is 65.4 Å². The van der Waals surface area contributed by atoms with Crippen molar-refractivity contribution in [2.45, 2.75) is 69.6 Å². The molecule has 3 fully saturated rings. The van der Waals surface area contributed by atoms with Gasteiger partial charge in [-0.3, -0.25) is 4.79 Å². The number of carbonyl (C=O) groups excluding carboxylic acids is 1. The van der Waals surface area contributed by atoms with Crippen LogP contribution >= 0.6 is 11.3 Å². The molecule has 4 N–H and O–H groups in total. The third-order valence-electron chi connectivity index (χ3n) is 8.87. The van der Waals surface area contributed by atoms with E-state index >= 15 is 0 Å². The van der Waals surface area contributed by atoms with Gasteiger partial charge in [-0.05, 0) is 69.0 Å². The van der Waals surface area contributed by atoms with Gasteiger partial charge in [0.2, 0.25) is 5.82 Å². The highest BCUT2D eigenvalue weighted by Crippen LogP contribution is 2.41. The summed E-state index contributed by atoms with van der Waals surface area (Å²) in [6, 6.07) is 6.27. The molecule has 3 aromatic heterocycles. The first-order chi connectivity index (χ1) is 19.2. The lowest BCUT2D eigenvalue weighted by Crippen LogP contribution is -2.39. The largest absolute Gasteiger partial charge is 0.396 e. The van der Waals surface area contributed by atoms with E-state index in [2.05, 4.69) is 4.90 Å². The average Bonchev–Trinajstić information content (AvgIpc) is 3.73. The third kappa shape index (κ3) is 4.27. The Morgan fingerprint density at radius 1 is 1.25 bits per heavy atom. The number of nitrogens with two attached hydrogens (primary N) is 1. The Balaban J connectivity index is 1.34. The number of hydrogen-bond donors (Lipinski definition) is 3. The number of morpholine rings is 1. The van der Waals surface area contributed by atoms with E-state index in [4.69, 9.17) is 20.4 Å². The second-order valence-electron chi connectivity index (χ2n) is 12.1. The van der Waals surface area contributed by atoms with Crippen LogP contribution in [0.3, 0.4) is 0 Å². The van der Waals surface area contributed by atoms with Crippen LogP contribution in [0.15, 0.2) is 30.6 Å². The highest BCUT2D eigenvalue weighted by atomic mass is 32.1. The highest BCUT2D eigenvalue weighted by molar-refractivity contribution is 7.18. The van der Waals surface area contributed by atoms with Crippen molar-refractivity contribution in [3.8, 4) is 5.69 Å². The monoisotopic (exact) mass is 563 g/mol. The van der Waals surface area contributed by atoms with Crippen LogP contribution in [0.4, 0.5) is 5.82 Å². The molecule has 10 nitrogen and oxygen atoms in total. The molecule has 1 amide bonds. The normalized spacial score (nSPS) is 24.9. The first-order valence-corrected chi connectivity index (χ1v) is 14.9. The van der Waals surface area contributed by atoms with Gasteiger partial charge >= 0.3 is 5.65 Å². The van der Waals surface area contributed by atoms with Gasteiger partial charge in [0, 0.05) is 30.7 Å². The fourth-order valence-corrected chi connectivity index (χ4v) is 7.78. The second-order valence-corrected chi connectivity index (χ2v) is 13.1. The number of aliphatic hydroxyl groups excluding tert-OH is 1. The Hall–Kier alpha value is -3.12. The van der Waals surface area contributed by atoms with Gasteiger partial charge in [-0.15, -0.1) is 15.9 Å². The summed E-state index contributed by atoms with van der Waals surface area (Å²) in [5.41, 5.74) is 7.75. The molecule has 3 aliphatic rings. The summed E-state index contributed by atoms with van der Waals surface area (Å²) in [7, 11) is 0. The van der Waals surface area contributed by atoms with E-state index < -0.39 is 11.5 Å². The number of amides is 1. The second kappa shape index (κ2) is 9.47. The van der Waals surface area contributed by atoms with Crippen LogP contribution in [-0.2, 0) is 10.3 Å². The van der Waals surface area contributed by atoms with Gasteiger partial charge in [-0.25, -0.2) is 4.98 Å². The van der Waals surface area contributed by atoms with Gasteiger partial charge in [-0.2, -0.15) is 4.68 Å². The molecular formula is C29H35N6O4S+. The highest BCUT2D eigenvalue weighted by Gasteiger charge is 2.41. The fraction of sp³-hybridized carbons (Fsp3) is 0.517. The zero-order valence-electron chi connectivity index (χ0n) is 22.8. The van der Waals surface area contributed by atoms with E-state index in [1.54, 1.807) is 31.4 Å². The van der Waals surface area contributed by atoms with Crippen molar-refractivity contribution in [1.29, 1.82) is 0 Å². The van der Waals surface area contributed by atoms with Crippen LogP contribution < -0.4 is 15.1 Å². The molecule has 0 spiro atoms. The molecule has 0 unspecified atom stereocenters. The number of nitrogens with zero attached hydrogens (tertiary/aromatic N) is 5. The summed E-state index contributed by atoms with van der Waals surface area (Å²) in [4.78, 5) is 24.7. The van der Waals surface area contributed by atoms with Crippen molar-refractivity contribution >= 4 is 38.9 Å². The minimum absolute atomic E-state index is 0.227. The lowest BCUT2D eigenvalue weighted by molar-refractivity contribution is -0.600. The first kappa shape index (κ1) is 25.8. The number of rotatable bonds is 6. The number of carbonyl (C=O) groups is 1. The summed E-state index contributed by atoms with van der Waals surface area (Å²) in [6.45, 7) is 5.25. The molecule has 210 valence electrons. The van der Waals surface area contributed by atoms with Crippen molar-refractivity contribution in [3.63, 3.8) is 0 Å². The number of aromatic nitrogens is 4. The number of primary amides is 1. The molecule has 0 radical (unpaired) electrons. The lowest BCUT2D eigenvalue weighted by atomic mass is 9.83. The summed E-state index contributed by atoms with van der Waals surface area (Å²) in [5.74, 6) is 1.01. The van der Waals surface area contributed by atoms with E-state index in [9.17, 15) is 15.0 Å². The molecule has 2 aliphatic heterocycles. The van der Waals surface area contributed by atoms with E-state index in [1.807, 2.05) is 33.6 Å². The van der Waals surface area contributed by atoms with Crippen LogP contribution in [0.2, 0.25) is 0 Å². The predicted octanol–water partition coefficient (Wildman–Crippen LogP) is 2.79. The molecule has 4 aromatic rings. The summed E-state index contributed by atoms with van der Waals surface area (Å²) >= 11 is 1.68. The molecule has 1 aliphatic carbocycles. The zero-order chi connectivity index (χ0) is 27.8. The average molecular weight is 564 g/mol. The Labute approximate surface area is 236 Å². The Kier molecular flexibility index (Phi) is 6.12. The topological polar surface area (TPSA) is 131 Å². The van der Waals surface area contributed by atoms with Crippen LogP contribution in [0.25, 0.3) is 21.6 Å². The SMILES string of the molecule is CC(C)(O)c1cc2nc(C3CCC(CO)CC3)sc2cc1-n1cc(C(N)=O)c2nc(N3C[C@H]4C[C@@H]3CO4)cc[n+]21. The standard InChI is InChI=1S/C29H34N6O4S/c1-29(2,38)21-10-22-24(40-28(31-22)17-5-3-16(14-36)4-6-17)11-23(21)35-13-20(26(30)37)27-32-25(7-8-34(27)35)33-12-19-9-18(33)15-39-19/h7-8,10-11,13,16-19,36,38H,3-6,9,12,14-15H2,1-2H3,(H-,30,37)/p+1/t16?,17?,18-,19-/m1/s1. The number of aliphatic hydroxyl groups is 2. The van der Waals surface area contributed by atoms with Crippen molar-refractivity contribution in [2.75, 3.05) is 24.7 Å². The van der Waals surface area contributed by atoms with Crippen LogP contribution in [0.1, 0.15) is 72.8 Å². The van der Waals surface area contributed by atoms with Crippen LogP contribution in [-0.4, -0.2) is 62.7 Å². The van der Waals surface area contributed by atoms with E-state index in [1.165, 1.54) is 0 Å². The van der Waals surface area contributed by atoms with Crippen LogP contribution in [0.5, 0.6) is 0 Å². The molecule has 5 heterocycles. The minimum atomic E-state index is -1.17.